The summed E-state index contributed by atoms with van der Waals surface area (Å²) in [7, 11) is 1.67. The number of morpholine rings is 1. The first-order valence-corrected chi connectivity index (χ1v) is 9.90. The van der Waals surface area contributed by atoms with Crippen molar-refractivity contribution >= 4 is 29.9 Å². The summed E-state index contributed by atoms with van der Waals surface area (Å²) in [5.41, 5.74) is 2.02. The number of nitrogens with zero attached hydrogens (tertiary/aromatic N) is 3. The molecule has 0 aliphatic carbocycles. The first-order valence-electron chi connectivity index (χ1n) is 9.90. The Hall–Kier alpha value is -1.17. The van der Waals surface area contributed by atoms with Crippen LogP contribution in [0.1, 0.15) is 30.7 Å². The largest absolute Gasteiger partial charge is 0.496 e. The fraction of sp³-hybridized carbons (Fsp3) is 0.700. The number of hydrogen-bond acceptors (Lipinski definition) is 6. The molecule has 1 saturated heterocycles. The van der Waals surface area contributed by atoms with E-state index >= 15 is 0 Å². The van der Waals surface area contributed by atoms with Crippen molar-refractivity contribution in [3.63, 3.8) is 0 Å². The molecule has 0 aromatic carbocycles. The first-order chi connectivity index (χ1) is 13.4. The SMILES string of the molecule is CCNC(=NCc1ncc(C)c(OC)c1C)NCC(C)(O)CN1CCOCC1.I. The predicted molar refractivity (Wildman–Crippen MR) is 126 cm³/mol. The van der Waals surface area contributed by atoms with Crippen molar-refractivity contribution in [1.82, 2.24) is 20.5 Å². The van der Waals surface area contributed by atoms with Gasteiger partial charge in [-0.05, 0) is 27.7 Å². The Bertz CT molecular complexity index is 664. The smallest absolute Gasteiger partial charge is 0.191 e. The number of aromatic nitrogens is 1. The van der Waals surface area contributed by atoms with Gasteiger partial charge in [-0.15, -0.1) is 24.0 Å². The molecule has 0 saturated carbocycles. The molecular formula is C20H36IN5O3. The van der Waals surface area contributed by atoms with Gasteiger partial charge >= 0.3 is 0 Å². The second-order valence-corrected chi connectivity index (χ2v) is 7.48. The van der Waals surface area contributed by atoms with Gasteiger partial charge in [-0.1, -0.05) is 0 Å². The summed E-state index contributed by atoms with van der Waals surface area (Å²) in [6.45, 7) is 13.2. The number of aliphatic hydroxyl groups is 1. The van der Waals surface area contributed by atoms with Crippen LogP contribution in [0, 0.1) is 13.8 Å². The van der Waals surface area contributed by atoms with E-state index in [9.17, 15) is 5.11 Å². The molecule has 9 heteroatoms. The monoisotopic (exact) mass is 521 g/mol. The molecule has 0 bridgehead atoms. The molecule has 1 unspecified atom stereocenters. The van der Waals surface area contributed by atoms with Crippen LogP contribution in [0.25, 0.3) is 0 Å². The van der Waals surface area contributed by atoms with Crippen molar-refractivity contribution in [2.75, 3.05) is 53.0 Å². The van der Waals surface area contributed by atoms with E-state index in [0.29, 0.717) is 25.6 Å². The number of guanidine groups is 1. The third-order valence-corrected chi connectivity index (χ3v) is 4.79. The third kappa shape index (κ3) is 8.23. The third-order valence-electron chi connectivity index (χ3n) is 4.79. The quantitative estimate of drug-likeness (QED) is 0.271. The Morgan fingerprint density at radius 1 is 1.34 bits per heavy atom. The van der Waals surface area contributed by atoms with E-state index in [1.807, 2.05) is 33.9 Å². The fourth-order valence-electron chi connectivity index (χ4n) is 3.30. The highest BCUT2D eigenvalue weighted by molar-refractivity contribution is 14.0. The van der Waals surface area contributed by atoms with Crippen LogP contribution in [0.4, 0.5) is 0 Å². The minimum absolute atomic E-state index is 0. The van der Waals surface area contributed by atoms with Crippen molar-refractivity contribution in [2.45, 2.75) is 39.8 Å². The number of halogens is 1. The number of ether oxygens (including phenoxy) is 2. The van der Waals surface area contributed by atoms with Crippen molar-refractivity contribution in [3.05, 3.63) is 23.0 Å². The lowest BCUT2D eigenvalue weighted by molar-refractivity contribution is -0.0201. The fourth-order valence-corrected chi connectivity index (χ4v) is 3.30. The highest BCUT2D eigenvalue weighted by Gasteiger charge is 2.25. The Morgan fingerprint density at radius 3 is 2.66 bits per heavy atom. The zero-order chi connectivity index (χ0) is 20.6. The van der Waals surface area contributed by atoms with Crippen molar-refractivity contribution in [1.29, 1.82) is 0 Å². The van der Waals surface area contributed by atoms with Gasteiger partial charge in [0.05, 0.1) is 38.2 Å². The van der Waals surface area contributed by atoms with Gasteiger partial charge < -0.3 is 25.2 Å². The molecule has 1 aromatic rings. The summed E-state index contributed by atoms with van der Waals surface area (Å²) in [5, 5.41) is 17.2. The number of hydrogen-bond donors (Lipinski definition) is 3. The number of aryl methyl sites for hydroxylation is 1. The number of pyridine rings is 1. The minimum atomic E-state index is -0.866. The molecule has 2 heterocycles. The number of β-amino-alcohol motifs (C(OH)–C–C–N with tert-alkyl or cyclic N) is 1. The van der Waals surface area contributed by atoms with Crippen LogP contribution in [0.2, 0.25) is 0 Å². The lowest BCUT2D eigenvalue weighted by Gasteiger charge is -2.34. The minimum Gasteiger partial charge on any atom is -0.496 e. The summed E-state index contributed by atoms with van der Waals surface area (Å²) in [4.78, 5) is 11.3. The molecule has 166 valence electrons. The highest BCUT2D eigenvalue weighted by Crippen LogP contribution is 2.24. The molecule has 0 radical (unpaired) electrons. The molecule has 3 N–H and O–H groups in total. The Balaban J connectivity index is 0.00000420. The van der Waals surface area contributed by atoms with E-state index in [-0.39, 0.29) is 24.0 Å². The number of methoxy groups -OCH3 is 1. The lowest BCUT2D eigenvalue weighted by Crippen LogP contribution is -2.53. The molecule has 1 aliphatic rings. The second kappa shape index (κ2) is 12.5. The van der Waals surface area contributed by atoms with E-state index in [0.717, 1.165) is 55.4 Å². The van der Waals surface area contributed by atoms with Gasteiger partial charge in [0.25, 0.3) is 0 Å². The van der Waals surface area contributed by atoms with Crippen LogP contribution in [0.5, 0.6) is 5.75 Å². The van der Waals surface area contributed by atoms with Gasteiger partial charge in [-0.25, -0.2) is 4.99 Å². The summed E-state index contributed by atoms with van der Waals surface area (Å²) < 4.78 is 10.8. The summed E-state index contributed by atoms with van der Waals surface area (Å²) in [6, 6.07) is 0. The Labute approximate surface area is 191 Å². The van der Waals surface area contributed by atoms with E-state index in [4.69, 9.17) is 9.47 Å². The zero-order valence-electron chi connectivity index (χ0n) is 18.2. The number of aliphatic imine (C=N–C) groups is 1. The maximum atomic E-state index is 10.8. The van der Waals surface area contributed by atoms with Crippen molar-refractivity contribution < 1.29 is 14.6 Å². The molecule has 0 spiro atoms. The molecule has 1 aliphatic heterocycles. The molecule has 1 fully saturated rings. The van der Waals surface area contributed by atoms with E-state index < -0.39 is 5.60 Å². The van der Waals surface area contributed by atoms with Crippen LogP contribution < -0.4 is 15.4 Å². The standard InChI is InChI=1S/C20H35N5O3.HI/c1-6-21-19(23-12-17-16(3)18(27-5)15(2)11-22-17)24-13-20(4,26)14-25-7-9-28-10-8-25;/h11,26H,6-10,12-14H2,1-5H3,(H2,21,23,24);1H. The van der Waals surface area contributed by atoms with E-state index in [1.54, 1.807) is 7.11 Å². The van der Waals surface area contributed by atoms with Crippen molar-refractivity contribution in [3.8, 4) is 5.75 Å². The molecule has 0 amide bonds. The van der Waals surface area contributed by atoms with Gasteiger partial charge in [-0.3, -0.25) is 9.88 Å². The van der Waals surface area contributed by atoms with Gasteiger partial charge in [0.1, 0.15) is 5.75 Å². The molecule has 1 aromatic heterocycles. The molecule has 8 nitrogen and oxygen atoms in total. The average molecular weight is 521 g/mol. The molecule has 2 rings (SSSR count). The summed E-state index contributed by atoms with van der Waals surface area (Å²) in [5.74, 6) is 1.51. The Morgan fingerprint density at radius 2 is 2.03 bits per heavy atom. The van der Waals surface area contributed by atoms with E-state index in [1.165, 1.54) is 0 Å². The Kier molecular flexibility index (Phi) is 11.2. The van der Waals surface area contributed by atoms with Crippen LogP contribution in [-0.4, -0.2) is 79.6 Å². The normalized spacial score (nSPS) is 17.2. The maximum absolute atomic E-state index is 10.8. The second-order valence-electron chi connectivity index (χ2n) is 7.48. The van der Waals surface area contributed by atoms with Gasteiger partial charge in [-0.2, -0.15) is 0 Å². The molecule has 29 heavy (non-hydrogen) atoms. The van der Waals surface area contributed by atoms with Crippen LogP contribution in [0.15, 0.2) is 11.2 Å². The van der Waals surface area contributed by atoms with Gasteiger partial charge in [0, 0.05) is 50.0 Å². The lowest BCUT2D eigenvalue weighted by atomic mass is 10.1. The topological polar surface area (TPSA) is 91.2 Å². The van der Waals surface area contributed by atoms with Gasteiger partial charge in [0.15, 0.2) is 5.96 Å². The van der Waals surface area contributed by atoms with E-state index in [2.05, 4.69) is 25.5 Å². The van der Waals surface area contributed by atoms with Crippen molar-refractivity contribution in [2.24, 2.45) is 4.99 Å². The predicted octanol–water partition coefficient (Wildman–Crippen LogP) is 1.46. The summed E-state index contributed by atoms with van der Waals surface area (Å²) >= 11 is 0. The van der Waals surface area contributed by atoms with Gasteiger partial charge in [0.2, 0.25) is 0 Å². The number of rotatable bonds is 8. The molecule has 1 atom stereocenters. The maximum Gasteiger partial charge on any atom is 0.191 e. The van der Waals surface area contributed by atoms with Crippen LogP contribution in [-0.2, 0) is 11.3 Å². The zero-order valence-corrected chi connectivity index (χ0v) is 20.6. The highest BCUT2D eigenvalue weighted by atomic mass is 127. The van der Waals surface area contributed by atoms with Crippen LogP contribution in [0.3, 0.4) is 0 Å². The summed E-state index contributed by atoms with van der Waals surface area (Å²) in [6.07, 6.45) is 1.81. The molecular weight excluding hydrogens is 485 g/mol. The van der Waals surface area contributed by atoms with Crippen LogP contribution >= 0.6 is 24.0 Å². The number of nitrogens with one attached hydrogen (secondary N) is 2. The first kappa shape index (κ1) is 25.9. The average Bonchev–Trinajstić information content (AvgIpc) is 2.66.